The molecule has 21 heavy (non-hydrogen) atoms. The van der Waals surface area contributed by atoms with Gasteiger partial charge in [0, 0.05) is 5.69 Å². The molecule has 0 heterocycles. The Hall–Kier alpha value is -2.29. The number of carboxylic acids is 1. The molecule has 0 aromatic heterocycles. The summed E-state index contributed by atoms with van der Waals surface area (Å²) in [5, 5.41) is 13.1. The molecular formula is C18H21NO2. The third-order valence-electron chi connectivity index (χ3n) is 3.93. The molecule has 0 saturated carbocycles. The Kier molecular flexibility index (Phi) is 4.32. The average molecular weight is 283 g/mol. The quantitative estimate of drug-likeness (QED) is 0.868. The van der Waals surface area contributed by atoms with Gasteiger partial charge in [-0.15, -0.1) is 0 Å². The second-order valence-corrected chi connectivity index (χ2v) is 5.37. The lowest BCUT2D eigenvalue weighted by molar-refractivity contribution is -0.142. The van der Waals surface area contributed by atoms with Crippen molar-refractivity contribution in [2.75, 3.05) is 5.32 Å². The molecule has 0 bridgehead atoms. The zero-order valence-electron chi connectivity index (χ0n) is 12.7. The molecule has 3 heteroatoms. The van der Waals surface area contributed by atoms with Crippen molar-refractivity contribution in [3.05, 3.63) is 65.2 Å². The average Bonchev–Trinajstić information content (AvgIpc) is 2.47. The first-order valence-corrected chi connectivity index (χ1v) is 7.14. The van der Waals surface area contributed by atoms with Crippen molar-refractivity contribution in [2.24, 2.45) is 0 Å². The van der Waals surface area contributed by atoms with Gasteiger partial charge in [-0.3, -0.25) is 0 Å². The van der Waals surface area contributed by atoms with Crippen LogP contribution < -0.4 is 5.32 Å². The summed E-state index contributed by atoms with van der Waals surface area (Å²) in [5.74, 6) is -0.864. The first-order valence-electron chi connectivity index (χ1n) is 7.14. The zero-order chi connectivity index (χ0) is 15.5. The number of hydrogen-bond acceptors (Lipinski definition) is 2. The van der Waals surface area contributed by atoms with Crippen LogP contribution in [-0.4, -0.2) is 11.1 Å². The molecular weight excluding hydrogens is 262 g/mol. The largest absolute Gasteiger partial charge is 0.479 e. The fourth-order valence-corrected chi connectivity index (χ4v) is 2.47. The van der Waals surface area contributed by atoms with Crippen LogP contribution in [0.2, 0.25) is 0 Å². The first-order chi connectivity index (χ1) is 9.99. The number of aryl methyl sites for hydroxylation is 2. The Morgan fingerprint density at radius 3 is 2.24 bits per heavy atom. The second kappa shape index (κ2) is 6.00. The van der Waals surface area contributed by atoms with Crippen LogP contribution in [0.3, 0.4) is 0 Å². The van der Waals surface area contributed by atoms with Gasteiger partial charge >= 0.3 is 5.97 Å². The summed E-state index contributed by atoms with van der Waals surface area (Å²) in [6.07, 6.45) is 0.458. The zero-order valence-corrected chi connectivity index (χ0v) is 12.7. The third-order valence-corrected chi connectivity index (χ3v) is 3.93. The Bertz CT molecular complexity index is 634. The van der Waals surface area contributed by atoms with Crippen LogP contribution >= 0.6 is 0 Å². The number of rotatable bonds is 5. The van der Waals surface area contributed by atoms with E-state index < -0.39 is 11.5 Å². The molecule has 0 fully saturated rings. The van der Waals surface area contributed by atoms with Crippen molar-refractivity contribution in [2.45, 2.75) is 32.7 Å². The van der Waals surface area contributed by atoms with Crippen molar-refractivity contribution >= 4 is 11.7 Å². The first kappa shape index (κ1) is 15.1. The molecule has 3 nitrogen and oxygen atoms in total. The highest BCUT2D eigenvalue weighted by Crippen LogP contribution is 2.31. The van der Waals surface area contributed by atoms with E-state index in [0.29, 0.717) is 6.42 Å². The van der Waals surface area contributed by atoms with E-state index in [9.17, 15) is 9.90 Å². The van der Waals surface area contributed by atoms with E-state index in [1.54, 1.807) is 0 Å². The van der Waals surface area contributed by atoms with Gasteiger partial charge in [0.2, 0.25) is 0 Å². The van der Waals surface area contributed by atoms with Crippen molar-refractivity contribution in [3.63, 3.8) is 0 Å². The summed E-state index contributed by atoms with van der Waals surface area (Å²) in [7, 11) is 0. The van der Waals surface area contributed by atoms with Gasteiger partial charge in [0.15, 0.2) is 5.54 Å². The molecule has 0 saturated heterocycles. The Morgan fingerprint density at radius 2 is 1.71 bits per heavy atom. The fourth-order valence-electron chi connectivity index (χ4n) is 2.47. The predicted molar refractivity (Wildman–Crippen MR) is 85.6 cm³/mol. The van der Waals surface area contributed by atoms with Gasteiger partial charge in [0.05, 0.1) is 0 Å². The van der Waals surface area contributed by atoms with Gasteiger partial charge in [-0.2, -0.15) is 0 Å². The minimum Gasteiger partial charge on any atom is -0.479 e. The van der Waals surface area contributed by atoms with Crippen LogP contribution in [0.15, 0.2) is 48.5 Å². The van der Waals surface area contributed by atoms with Crippen LogP contribution in [-0.2, 0) is 10.3 Å². The van der Waals surface area contributed by atoms with Crippen molar-refractivity contribution in [3.8, 4) is 0 Å². The molecule has 0 radical (unpaired) electrons. The highest BCUT2D eigenvalue weighted by atomic mass is 16.4. The van der Waals surface area contributed by atoms with Crippen LogP contribution in [0.4, 0.5) is 5.69 Å². The minimum absolute atomic E-state index is 0.458. The van der Waals surface area contributed by atoms with E-state index in [0.717, 1.165) is 22.4 Å². The van der Waals surface area contributed by atoms with Gasteiger partial charge in [-0.1, -0.05) is 55.0 Å². The van der Waals surface area contributed by atoms with Gasteiger partial charge in [-0.25, -0.2) is 4.79 Å². The Labute approximate surface area is 125 Å². The molecule has 2 aromatic carbocycles. The summed E-state index contributed by atoms with van der Waals surface area (Å²) in [5.41, 5.74) is 2.65. The number of carbonyl (C=O) groups is 1. The van der Waals surface area contributed by atoms with Crippen LogP contribution in [0.25, 0.3) is 0 Å². The summed E-state index contributed by atoms with van der Waals surface area (Å²) < 4.78 is 0. The number of aliphatic carboxylic acids is 1. The van der Waals surface area contributed by atoms with E-state index in [2.05, 4.69) is 5.32 Å². The highest BCUT2D eigenvalue weighted by molar-refractivity contribution is 5.85. The topological polar surface area (TPSA) is 49.3 Å². The monoisotopic (exact) mass is 283 g/mol. The van der Waals surface area contributed by atoms with E-state index in [4.69, 9.17) is 0 Å². The standard InChI is InChI=1S/C18H21NO2/c1-4-18(17(20)21,15-11-9-13(2)10-12-15)19-16-8-6-5-7-14(16)3/h5-12,19H,4H2,1-3H3,(H,20,21). The van der Waals surface area contributed by atoms with Crippen molar-refractivity contribution < 1.29 is 9.90 Å². The molecule has 0 aliphatic rings. The molecule has 0 spiro atoms. The molecule has 0 aliphatic heterocycles. The lowest BCUT2D eigenvalue weighted by Crippen LogP contribution is -2.43. The summed E-state index contributed by atoms with van der Waals surface area (Å²) in [6.45, 7) is 5.85. The maximum absolute atomic E-state index is 12.0. The van der Waals surface area contributed by atoms with Crippen LogP contribution in [0.1, 0.15) is 30.0 Å². The van der Waals surface area contributed by atoms with Crippen LogP contribution in [0.5, 0.6) is 0 Å². The molecule has 2 N–H and O–H groups in total. The van der Waals surface area contributed by atoms with Crippen LogP contribution in [0, 0.1) is 13.8 Å². The normalized spacial score (nSPS) is 13.5. The fraction of sp³-hybridized carbons (Fsp3) is 0.278. The number of benzene rings is 2. The number of anilines is 1. The minimum atomic E-state index is -1.11. The molecule has 1 atom stereocenters. The second-order valence-electron chi connectivity index (χ2n) is 5.37. The predicted octanol–water partition coefficient (Wildman–Crippen LogP) is 4.11. The van der Waals surface area contributed by atoms with E-state index >= 15 is 0 Å². The Balaban J connectivity index is 2.50. The number of para-hydroxylation sites is 1. The summed E-state index contributed by atoms with van der Waals surface area (Å²) in [6, 6.07) is 15.4. The number of carboxylic acid groups (broad SMARTS) is 1. The van der Waals surface area contributed by atoms with E-state index in [-0.39, 0.29) is 0 Å². The molecule has 0 aliphatic carbocycles. The maximum Gasteiger partial charge on any atom is 0.334 e. The third kappa shape index (κ3) is 2.92. The molecule has 1 unspecified atom stereocenters. The molecule has 2 aromatic rings. The van der Waals surface area contributed by atoms with Gasteiger partial charge in [-0.05, 0) is 37.5 Å². The van der Waals surface area contributed by atoms with Gasteiger partial charge in [0.25, 0.3) is 0 Å². The maximum atomic E-state index is 12.0. The van der Waals surface area contributed by atoms with Crippen molar-refractivity contribution in [1.29, 1.82) is 0 Å². The van der Waals surface area contributed by atoms with Gasteiger partial charge in [0.1, 0.15) is 0 Å². The summed E-state index contributed by atoms with van der Waals surface area (Å²) >= 11 is 0. The van der Waals surface area contributed by atoms with Gasteiger partial charge < -0.3 is 10.4 Å². The Morgan fingerprint density at radius 1 is 1.10 bits per heavy atom. The number of nitrogens with one attached hydrogen (secondary N) is 1. The van der Waals surface area contributed by atoms with E-state index in [1.807, 2.05) is 69.3 Å². The summed E-state index contributed by atoms with van der Waals surface area (Å²) in [4.78, 5) is 12.0. The molecule has 110 valence electrons. The number of hydrogen-bond donors (Lipinski definition) is 2. The molecule has 2 rings (SSSR count). The lowest BCUT2D eigenvalue weighted by atomic mass is 9.86. The highest BCUT2D eigenvalue weighted by Gasteiger charge is 2.38. The lowest BCUT2D eigenvalue weighted by Gasteiger charge is -2.32. The van der Waals surface area contributed by atoms with E-state index in [1.165, 1.54) is 0 Å². The molecule has 0 amide bonds. The van der Waals surface area contributed by atoms with Crippen molar-refractivity contribution in [1.82, 2.24) is 0 Å². The SMILES string of the molecule is CCC(Nc1ccccc1C)(C(=O)O)c1ccc(C)cc1. The smallest absolute Gasteiger partial charge is 0.334 e.